The first-order chi connectivity index (χ1) is 9.47. The molecule has 1 atom stereocenters. The number of piperidine rings is 1. The highest BCUT2D eigenvalue weighted by Crippen LogP contribution is 2.13. The Balaban J connectivity index is 2.00. The maximum atomic E-state index is 11.9. The van der Waals surface area contributed by atoms with Crippen molar-refractivity contribution >= 4 is 23.4 Å². The van der Waals surface area contributed by atoms with Crippen LogP contribution in [-0.2, 0) is 14.4 Å². The number of imide groups is 1. The molecular weight excluding hydrogens is 258 g/mol. The van der Waals surface area contributed by atoms with Crippen LogP contribution in [0.2, 0.25) is 0 Å². The first kappa shape index (κ1) is 14.2. The van der Waals surface area contributed by atoms with Crippen LogP contribution in [0.3, 0.4) is 0 Å². The van der Waals surface area contributed by atoms with E-state index in [1.165, 1.54) is 0 Å². The van der Waals surface area contributed by atoms with Gasteiger partial charge in [0.1, 0.15) is 6.54 Å². The lowest BCUT2D eigenvalue weighted by Gasteiger charge is -2.28. The Morgan fingerprint density at radius 3 is 2.90 bits per heavy atom. The summed E-state index contributed by atoms with van der Waals surface area (Å²) in [6.07, 6.45) is 0.540. The number of aryl methyl sites for hydroxylation is 1. The van der Waals surface area contributed by atoms with Crippen LogP contribution in [-0.4, -0.2) is 35.2 Å². The first-order valence-corrected chi connectivity index (χ1v) is 6.43. The van der Waals surface area contributed by atoms with E-state index in [4.69, 9.17) is 5.73 Å². The Bertz CT molecular complexity index is 556. The van der Waals surface area contributed by atoms with Gasteiger partial charge in [0.2, 0.25) is 17.7 Å². The van der Waals surface area contributed by atoms with Crippen LogP contribution in [0.4, 0.5) is 5.69 Å². The number of carbonyl (C=O) groups excluding carboxylic acids is 3. The third kappa shape index (κ3) is 3.21. The molecule has 1 fully saturated rings. The Hall–Kier alpha value is -2.21. The van der Waals surface area contributed by atoms with Crippen LogP contribution >= 0.6 is 0 Å². The summed E-state index contributed by atoms with van der Waals surface area (Å²) in [6, 6.07) is 6.59. The zero-order chi connectivity index (χ0) is 14.7. The molecule has 6 nitrogen and oxygen atoms in total. The van der Waals surface area contributed by atoms with E-state index < -0.39 is 17.9 Å². The van der Waals surface area contributed by atoms with E-state index in [1.807, 2.05) is 25.1 Å². The Kier molecular flexibility index (Phi) is 4.14. The molecular formula is C14H17N3O3. The minimum Gasteiger partial charge on any atom is -0.325 e. The zero-order valence-electron chi connectivity index (χ0n) is 11.3. The predicted octanol–water partition coefficient (Wildman–Crippen LogP) is 0.410. The van der Waals surface area contributed by atoms with Gasteiger partial charge in [0, 0.05) is 12.1 Å². The minimum absolute atomic E-state index is 0.199. The molecule has 1 aliphatic heterocycles. The molecule has 0 spiro atoms. The van der Waals surface area contributed by atoms with Crippen LogP contribution in [0.5, 0.6) is 0 Å². The molecule has 0 radical (unpaired) electrons. The number of hydrogen-bond acceptors (Lipinski definition) is 4. The van der Waals surface area contributed by atoms with Crippen molar-refractivity contribution in [2.24, 2.45) is 5.73 Å². The van der Waals surface area contributed by atoms with Gasteiger partial charge in [-0.1, -0.05) is 12.1 Å². The van der Waals surface area contributed by atoms with E-state index in [-0.39, 0.29) is 18.9 Å². The number of nitrogens with one attached hydrogen (secondary N) is 1. The molecule has 1 saturated heterocycles. The normalized spacial score (nSPS) is 19.1. The van der Waals surface area contributed by atoms with Gasteiger partial charge in [-0.15, -0.1) is 0 Å². The second kappa shape index (κ2) is 5.83. The fourth-order valence-electron chi connectivity index (χ4n) is 2.09. The van der Waals surface area contributed by atoms with E-state index in [0.717, 1.165) is 10.5 Å². The molecule has 1 aliphatic rings. The topological polar surface area (TPSA) is 92.5 Å². The molecule has 0 saturated carbocycles. The molecule has 0 bridgehead atoms. The standard InChI is InChI=1S/C14H17N3O3/c1-9-3-2-4-10(7-9)16-12(18)8-17-13(19)6-5-11(15)14(17)20/h2-4,7,11H,5-6,8,15H2,1H3,(H,16,18). The predicted molar refractivity (Wildman–Crippen MR) is 73.7 cm³/mol. The number of nitrogens with two attached hydrogens (primary N) is 1. The second-order valence-corrected chi connectivity index (χ2v) is 4.88. The number of amides is 3. The highest BCUT2D eigenvalue weighted by molar-refractivity contribution is 6.05. The Morgan fingerprint density at radius 2 is 2.20 bits per heavy atom. The summed E-state index contributed by atoms with van der Waals surface area (Å²) in [5.41, 5.74) is 7.25. The van der Waals surface area contributed by atoms with Crippen molar-refractivity contribution in [2.45, 2.75) is 25.8 Å². The summed E-state index contributed by atoms with van der Waals surface area (Å²) in [7, 11) is 0. The van der Waals surface area contributed by atoms with E-state index in [9.17, 15) is 14.4 Å². The van der Waals surface area contributed by atoms with Gasteiger partial charge in [-0.3, -0.25) is 19.3 Å². The average Bonchev–Trinajstić information content (AvgIpc) is 2.39. The van der Waals surface area contributed by atoms with Crippen LogP contribution in [0, 0.1) is 6.92 Å². The van der Waals surface area contributed by atoms with Gasteiger partial charge in [-0.05, 0) is 31.0 Å². The summed E-state index contributed by atoms with van der Waals surface area (Å²) >= 11 is 0. The van der Waals surface area contributed by atoms with Crippen LogP contribution in [0.25, 0.3) is 0 Å². The van der Waals surface area contributed by atoms with Crippen molar-refractivity contribution in [3.05, 3.63) is 29.8 Å². The Labute approximate surface area is 116 Å². The van der Waals surface area contributed by atoms with Crippen molar-refractivity contribution in [1.82, 2.24) is 4.90 Å². The quantitative estimate of drug-likeness (QED) is 0.781. The highest BCUT2D eigenvalue weighted by atomic mass is 16.2. The molecule has 0 aromatic heterocycles. The molecule has 20 heavy (non-hydrogen) atoms. The van der Waals surface area contributed by atoms with E-state index in [0.29, 0.717) is 12.1 Å². The molecule has 1 heterocycles. The first-order valence-electron chi connectivity index (χ1n) is 6.43. The van der Waals surface area contributed by atoms with Gasteiger partial charge in [0.15, 0.2) is 0 Å². The van der Waals surface area contributed by atoms with Crippen molar-refractivity contribution in [2.75, 3.05) is 11.9 Å². The van der Waals surface area contributed by atoms with Crippen molar-refractivity contribution < 1.29 is 14.4 Å². The third-order valence-corrected chi connectivity index (χ3v) is 3.16. The fraction of sp³-hybridized carbons (Fsp3) is 0.357. The average molecular weight is 275 g/mol. The van der Waals surface area contributed by atoms with Crippen molar-refractivity contribution in [3.8, 4) is 0 Å². The molecule has 2 rings (SSSR count). The largest absolute Gasteiger partial charge is 0.325 e. The molecule has 3 N–H and O–H groups in total. The number of hydrogen-bond donors (Lipinski definition) is 2. The van der Waals surface area contributed by atoms with E-state index in [2.05, 4.69) is 5.32 Å². The SMILES string of the molecule is Cc1cccc(NC(=O)CN2C(=O)CCC(N)C2=O)c1. The molecule has 106 valence electrons. The maximum absolute atomic E-state index is 11.9. The number of benzene rings is 1. The van der Waals surface area contributed by atoms with Gasteiger partial charge >= 0.3 is 0 Å². The maximum Gasteiger partial charge on any atom is 0.246 e. The highest BCUT2D eigenvalue weighted by Gasteiger charge is 2.33. The lowest BCUT2D eigenvalue weighted by Crippen LogP contribution is -2.53. The van der Waals surface area contributed by atoms with Gasteiger partial charge < -0.3 is 11.1 Å². The van der Waals surface area contributed by atoms with E-state index >= 15 is 0 Å². The van der Waals surface area contributed by atoms with Crippen molar-refractivity contribution in [3.63, 3.8) is 0 Å². The van der Waals surface area contributed by atoms with Crippen LogP contribution < -0.4 is 11.1 Å². The van der Waals surface area contributed by atoms with Gasteiger partial charge in [0.05, 0.1) is 6.04 Å². The van der Waals surface area contributed by atoms with Gasteiger partial charge in [-0.2, -0.15) is 0 Å². The molecule has 1 aromatic carbocycles. The minimum atomic E-state index is -0.695. The van der Waals surface area contributed by atoms with Crippen LogP contribution in [0.1, 0.15) is 18.4 Å². The lowest BCUT2D eigenvalue weighted by molar-refractivity contribution is -0.151. The molecule has 3 amide bonds. The number of rotatable bonds is 3. The molecule has 6 heteroatoms. The summed E-state index contributed by atoms with van der Waals surface area (Å²) < 4.78 is 0. The zero-order valence-corrected chi connectivity index (χ0v) is 11.3. The Morgan fingerprint density at radius 1 is 1.45 bits per heavy atom. The number of likely N-dealkylation sites (tertiary alicyclic amines) is 1. The van der Waals surface area contributed by atoms with E-state index in [1.54, 1.807) is 6.07 Å². The monoisotopic (exact) mass is 275 g/mol. The third-order valence-electron chi connectivity index (χ3n) is 3.16. The molecule has 0 aliphatic carbocycles. The van der Waals surface area contributed by atoms with Crippen LogP contribution in [0.15, 0.2) is 24.3 Å². The fourth-order valence-corrected chi connectivity index (χ4v) is 2.09. The summed E-state index contributed by atoms with van der Waals surface area (Å²) in [6.45, 7) is 1.62. The smallest absolute Gasteiger partial charge is 0.246 e. The second-order valence-electron chi connectivity index (χ2n) is 4.88. The number of anilines is 1. The lowest BCUT2D eigenvalue weighted by atomic mass is 10.1. The number of nitrogens with zero attached hydrogens (tertiary/aromatic N) is 1. The summed E-state index contributed by atoms with van der Waals surface area (Å²) in [4.78, 5) is 36.3. The van der Waals surface area contributed by atoms with Crippen molar-refractivity contribution in [1.29, 1.82) is 0 Å². The summed E-state index contributed by atoms with van der Waals surface area (Å²) in [5.74, 6) is -1.25. The molecule has 1 unspecified atom stereocenters. The summed E-state index contributed by atoms with van der Waals surface area (Å²) in [5, 5.41) is 2.66. The number of carbonyl (C=O) groups is 3. The van der Waals surface area contributed by atoms with Gasteiger partial charge in [-0.25, -0.2) is 0 Å². The molecule has 1 aromatic rings. The van der Waals surface area contributed by atoms with Gasteiger partial charge in [0.25, 0.3) is 0 Å².